The quantitative estimate of drug-likeness (QED) is 0.603. The third-order valence-electron chi connectivity index (χ3n) is 4.69. The van der Waals surface area contributed by atoms with Gasteiger partial charge in [0.15, 0.2) is 5.82 Å². The van der Waals surface area contributed by atoms with Gasteiger partial charge in [-0.05, 0) is 29.2 Å². The van der Waals surface area contributed by atoms with Crippen molar-refractivity contribution >= 4 is 5.97 Å². The second-order valence-electron chi connectivity index (χ2n) is 6.70. The van der Waals surface area contributed by atoms with Gasteiger partial charge < -0.3 is 14.4 Å². The largest absolute Gasteiger partial charge is 0.478 e. The van der Waals surface area contributed by atoms with E-state index in [1.165, 1.54) is 0 Å². The first-order valence-electron chi connectivity index (χ1n) is 9.45. The van der Waals surface area contributed by atoms with Gasteiger partial charge in [0.05, 0.1) is 12.1 Å². The molecule has 0 aliphatic carbocycles. The number of carboxylic acids is 1. The van der Waals surface area contributed by atoms with Crippen molar-refractivity contribution in [3.05, 3.63) is 71.3 Å². The smallest absolute Gasteiger partial charge is 0.336 e. The molecule has 6 heteroatoms. The maximum atomic E-state index is 11.5. The van der Waals surface area contributed by atoms with Gasteiger partial charge in [-0.25, -0.2) is 4.79 Å². The highest BCUT2D eigenvalue weighted by Gasteiger charge is 2.13. The summed E-state index contributed by atoms with van der Waals surface area (Å²) in [5, 5.41) is 18.0. The Morgan fingerprint density at radius 3 is 2.46 bits per heavy atom. The molecule has 0 saturated carbocycles. The van der Waals surface area contributed by atoms with Gasteiger partial charge in [0.1, 0.15) is 12.4 Å². The first-order valence-corrected chi connectivity index (χ1v) is 9.45. The molecule has 1 heterocycles. The zero-order valence-corrected chi connectivity index (χ0v) is 16.3. The van der Waals surface area contributed by atoms with Gasteiger partial charge >= 0.3 is 5.97 Å². The van der Waals surface area contributed by atoms with Crippen LogP contribution >= 0.6 is 0 Å². The number of carbonyl (C=O) groups is 1. The van der Waals surface area contributed by atoms with E-state index in [1.807, 2.05) is 36.4 Å². The van der Waals surface area contributed by atoms with Crippen LogP contribution in [0.2, 0.25) is 0 Å². The highest BCUT2D eigenvalue weighted by atomic mass is 16.5. The van der Waals surface area contributed by atoms with Gasteiger partial charge in [-0.2, -0.15) is 0 Å². The standard InChI is InChI=1S/C22H25N3O3/c1-3-4-9-20-23-24-21(15-28-2)25(20)14-16-10-12-17(13-11-16)18-7-5-6-8-19(18)22(26)27/h5-8,10-13H,3-4,9,14-15H2,1-2H3,(H,26,27). The number of nitrogens with zero attached hydrogens (tertiary/aromatic N) is 3. The summed E-state index contributed by atoms with van der Waals surface area (Å²) >= 11 is 0. The molecule has 0 aliphatic rings. The zero-order valence-electron chi connectivity index (χ0n) is 16.3. The second-order valence-corrected chi connectivity index (χ2v) is 6.70. The molecular formula is C22H25N3O3. The van der Waals surface area contributed by atoms with Gasteiger partial charge in [0.2, 0.25) is 0 Å². The number of unbranched alkanes of at least 4 members (excludes halogenated alkanes) is 1. The van der Waals surface area contributed by atoms with Crippen molar-refractivity contribution < 1.29 is 14.6 Å². The highest BCUT2D eigenvalue weighted by Crippen LogP contribution is 2.24. The van der Waals surface area contributed by atoms with E-state index in [1.54, 1.807) is 19.2 Å². The number of aromatic nitrogens is 3. The van der Waals surface area contributed by atoms with Crippen LogP contribution in [0.3, 0.4) is 0 Å². The van der Waals surface area contributed by atoms with E-state index in [0.717, 1.165) is 47.6 Å². The van der Waals surface area contributed by atoms with Crippen molar-refractivity contribution in [2.45, 2.75) is 39.3 Å². The number of hydrogen-bond acceptors (Lipinski definition) is 4. The fourth-order valence-electron chi connectivity index (χ4n) is 3.20. The Morgan fingerprint density at radius 2 is 1.79 bits per heavy atom. The molecule has 0 radical (unpaired) electrons. The summed E-state index contributed by atoms with van der Waals surface area (Å²) in [5.41, 5.74) is 3.01. The molecule has 0 saturated heterocycles. The topological polar surface area (TPSA) is 77.2 Å². The fraction of sp³-hybridized carbons (Fsp3) is 0.318. The van der Waals surface area contributed by atoms with Gasteiger partial charge in [-0.3, -0.25) is 0 Å². The van der Waals surface area contributed by atoms with Crippen molar-refractivity contribution in [1.82, 2.24) is 14.8 Å². The summed E-state index contributed by atoms with van der Waals surface area (Å²) in [6.07, 6.45) is 3.05. The van der Waals surface area contributed by atoms with Crippen LogP contribution < -0.4 is 0 Å². The first-order chi connectivity index (χ1) is 13.6. The van der Waals surface area contributed by atoms with E-state index >= 15 is 0 Å². The summed E-state index contributed by atoms with van der Waals surface area (Å²) in [7, 11) is 1.65. The maximum Gasteiger partial charge on any atom is 0.336 e. The molecule has 0 bridgehead atoms. The molecule has 0 atom stereocenters. The minimum absolute atomic E-state index is 0.304. The van der Waals surface area contributed by atoms with E-state index in [4.69, 9.17) is 4.74 Å². The number of aromatic carboxylic acids is 1. The lowest BCUT2D eigenvalue weighted by molar-refractivity contribution is 0.0697. The molecule has 3 rings (SSSR count). The summed E-state index contributed by atoms with van der Waals surface area (Å²) < 4.78 is 7.37. The number of methoxy groups -OCH3 is 1. The molecule has 3 aromatic rings. The number of benzene rings is 2. The maximum absolute atomic E-state index is 11.5. The molecule has 0 fully saturated rings. The molecule has 6 nitrogen and oxygen atoms in total. The number of hydrogen-bond donors (Lipinski definition) is 1. The number of rotatable bonds is 9. The van der Waals surface area contributed by atoms with E-state index in [9.17, 15) is 9.90 Å². The number of aryl methyl sites for hydroxylation is 1. The molecular weight excluding hydrogens is 354 g/mol. The van der Waals surface area contributed by atoms with Gasteiger partial charge in [0, 0.05) is 13.5 Å². The second kappa shape index (κ2) is 9.28. The van der Waals surface area contributed by atoms with Crippen molar-refractivity contribution in [3.8, 4) is 11.1 Å². The highest BCUT2D eigenvalue weighted by molar-refractivity contribution is 5.95. The Balaban J connectivity index is 1.85. The van der Waals surface area contributed by atoms with Gasteiger partial charge in [-0.15, -0.1) is 10.2 Å². The normalized spacial score (nSPS) is 10.9. The molecule has 0 amide bonds. The molecule has 2 aromatic carbocycles. The zero-order chi connectivity index (χ0) is 19.9. The molecule has 0 spiro atoms. The van der Waals surface area contributed by atoms with Crippen LogP contribution in [0.15, 0.2) is 48.5 Å². The van der Waals surface area contributed by atoms with Crippen molar-refractivity contribution in [1.29, 1.82) is 0 Å². The van der Waals surface area contributed by atoms with Crippen LogP contribution in [-0.4, -0.2) is 33.0 Å². The molecule has 1 aromatic heterocycles. The van der Waals surface area contributed by atoms with Crippen LogP contribution in [0.4, 0.5) is 0 Å². The van der Waals surface area contributed by atoms with Crippen molar-refractivity contribution in [3.63, 3.8) is 0 Å². The summed E-state index contributed by atoms with van der Waals surface area (Å²) in [6, 6.07) is 15.0. The Hall–Kier alpha value is -2.99. The Bertz CT molecular complexity index is 932. The van der Waals surface area contributed by atoms with Crippen LogP contribution in [0.5, 0.6) is 0 Å². The SMILES string of the molecule is CCCCc1nnc(COC)n1Cc1ccc(-c2ccccc2C(=O)O)cc1. The lowest BCUT2D eigenvalue weighted by Crippen LogP contribution is -2.10. The molecule has 28 heavy (non-hydrogen) atoms. The van der Waals surface area contributed by atoms with E-state index in [-0.39, 0.29) is 0 Å². The molecule has 0 unspecified atom stereocenters. The van der Waals surface area contributed by atoms with E-state index in [0.29, 0.717) is 18.7 Å². The summed E-state index contributed by atoms with van der Waals surface area (Å²) in [5.74, 6) is 0.858. The van der Waals surface area contributed by atoms with Gasteiger partial charge in [0.25, 0.3) is 0 Å². The predicted molar refractivity (Wildman–Crippen MR) is 107 cm³/mol. The van der Waals surface area contributed by atoms with Crippen LogP contribution in [0.25, 0.3) is 11.1 Å². The van der Waals surface area contributed by atoms with Gasteiger partial charge in [-0.1, -0.05) is 55.8 Å². The van der Waals surface area contributed by atoms with Crippen LogP contribution in [0, 0.1) is 0 Å². The molecule has 1 N–H and O–H groups in total. The predicted octanol–water partition coefficient (Wildman–Crippen LogP) is 4.18. The minimum atomic E-state index is -0.922. The Labute approximate surface area is 164 Å². The van der Waals surface area contributed by atoms with Crippen LogP contribution in [-0.2, 0) is 24.3 Å². The lowest BCUT2D eigenvalue weighted by Gasteiger charge is -2.11. The molecule has 146 valence electrons. The number of ether oxygens (including phenoxy) is 1. The van der Waals surface area contributed by atoms with Crippen molar-refractivity contribution in [2.75, 3.05) is 7.11 Å². The minimum Gasteiger partial charge on any atom is -0.478 e. The molecule has 0 aliphatic heterocycles. The fourth-order valence-corrected chi connectivity index (χ4v) is 3.20. The lowest BCUT2D eigenvalue weighted by atomic mass is 9.99. The Morgan fingerprint density at radius 1 is 1.07 bits per heavy atom. The van der Waals surface area contributed by atoms with E-state index < -0.39 is 5.97 Å². The third kappa shape index (κ3) is 4.46. The summed E-state index contributed by atoms with van der Waals surface area (Å²) in [6.45, 7) is 3.24. The average Bonchev–Trinajstić information content (AvgIpc) is 3.08. The average molecular weight is 379 g/mol. The van der Waals surface area contributed by atoms with Crippen molar-refractivity contribution in [2.24, 2.45) is 0 Å². The third-order valence-corrected chi connectivity index (χ3v) is 4.69. The van der Waals surface area contributed by atoms with Crippen LogP contribution in [0.1, 0.15) is 47.3 Å². The Kier molecular flexibility index (Phi) is 6.55. The monoisotopic (exact) mass is 379 g/mol. The summed E-state index contributed by atoms with van der Waals surface area (Å²) in [4.78, 5) is 11.5. The first kappa shape index (κ1) is 19.8. The number of carboxylic acid groups (broad SMARTS) is 1. The van der Waals surface area contributed by atoms with E-state index in [2.05, 4.69) is 21.7 Å².